The van der Waals surface area contributed by atoms with E-state index in [0.717, 1.165) is 5.56 Å². The largest absolute Gasteiger partial charge is 0.459 e. The molecule has 1 heterocycles. The van der Waals surface area contributed by atoms with Crippen LogP contribution >= 0.6 is 11.6 Å². The molecule has 2 aromatic rings. The van der Waals surface area contributed by atoms with E-state index < -0.39 is 30.4 Å². The van der Waals surface area contributed by atoms with Crippen molar-refractivity contribution < 1.29 is 23.5 Å². The number of ether oxygens (including phenoxy) is 1. The smallest absolute Gasteiger partial charge is 0.329 e. The maximum Gasteiger partial charge on any atom is 0.329 e. The molecule has 0 aliphatic heterocycles. The highest BCUT2D eigenvalue weighted by Crippen LogP contribution is 2.09. The van der Waals surface area contributed by atoms with E-state index in [1.54, 1.807) is 44.2 Å². The second-order valence-electron chi connectivity index (χ2n) is 6.18. The minimum Gasteiger partial charge on any atom is -0.459 e. The summed E-state index contributed by atoms with van der Waals surface area (Å²) in [5.41, 5.74) is 0.866. The normalized spacial score (nSPS) is 11.7. The maximum absolute atomic E-state index is 12.2. The Morgan fingerprint density at radius 1 is 1.15 bits per heavy atom. The van der Waals surface area contributed by atoms with Crippen molar-refractivity contribution in [1.82, 2.24) is 10.6 Å². The number of hydrogen-bond acceptors (Lipinski definition) is 5. The molecule has 1 atom stereocenters. The van der Waals surface area contributed by atoms with E-state index in [9.17, 15) is 14.4 Å². The molecule has 7 nitrogen and oxygen atoms in total. The highest BCUT2D eigenvalue weighted by Gasteiger charge is 2.27. The van der Waals surface area contributed by atoms with E-state index in [1.165, 1.54) is 12.3 Å². The summed E-state index contributed by atoms with van der Waals surface area (Å²) in [6.45, 7) is 3.37. The van der Waals surface area contributed by atoms with E-state index in [0.29, 0.717) is 5.02 Å². The average molecular weight is 393 g/mol. The molecule has 0 saturated carbocycles. The van der Waals surface area contributed by atoms with Gasteiger partial charge in [-0.3, -0.25) is 9.59 Å². The summed E-state index contributed by atoms with van der Waals surface area (Å²) >= 11 is 5.80. The summed E-state index contributed by atoms with van der Waals surface area (Å²) in [6.07, 6.45) is 1.36. The van der Waals surface area contributed by atoms with Crippen molar-refractivity contribution >= 4 is 29.4 Å². The van der Waals surface area contributed by atoms with Crippen molar-refractivity contribution in [2.75, 3.05) is 6.61 Å². The van der Waals surface area contributed by atoms with Crippen molar-refractivity contribution in [3.63, 3.8) is 0 Å². The Labute approximate surface area is 162 Å². The van der Waals surface area contributed by atoms with Gasteiger partial charge < -0.3 is 19.8 Å². The van der Waals surface area contributed by atoms with Gasteiger partial charge in [0.25, 0.3) is 11.8 Å². The van der Waals surface area contributed by atoms with Gasteiger partial charge in [0.15, 0.2) is 12.4 Å². The minimum absolute atomic E-state index is 0.0918. The SMILES string of the molecule is CC(C)[C@H](NC(=O)c1ccco1)C(=O)OCC(=O)NCc1ccc(Cl)cc1. The van der Waals surface area contributed by atoms with Crippen LogP contribution in [0.5, 0.6) is 0 Å². The van der Waals surface area contributed by atoms with Crippen molar-refractivity contribution in [2.45, 2.75) is 26.4 Å². The molecule has 0 spiro atoms. The predicted octanol–water partition coefficient (Wildman–Crippen LogP) is 2.55. The first-order chi connectivity index (χ1) is 12.9. The topological polar surface area (TPSA) is 97.6 Å². The van der Waals surface area contributed by atoms with E-state index in [-0.39, 0.29) is 18.2 Å². The van der Waals surface area contributed by atoms with Gasteiger partial charge >= 0.3 is 5.97 Å². The summed E-state index contributed by atoms with van der Waals surface area (Å²) in [5, 5.41) is 5.80. The second kappa shape index (κ2) is 9.78. The Morgan fingerprint density at radius 3 is 2.44 bits per heavy atom. The van der Waals surface area contributed by atoms with Gasteiger partial charge in [-0.1, -0.05) is 37.6 Å². The zero-order chi connectivity index (χ0) is 19.8. The van der Waals surface area contributed by atoms with Crippen LogP contribution in [0.2, 0.25) is 5.02 Å². The summed E-state index contributed by atoms with van der Waals surface area (Å²) in [7, 11) is 0. The van der Waals surface area contributed by atoms with Crippen LogP contribution in [0.15, 0.2) is 47.1 Å². The number of nitrogens with one attached hydrogen (secondary N) is 2. The van der Waals surface area contributed by atoms with Crippen molar-refractivity contribution in [2.24, 2.45) is 5.92 Å². The molecule has 144 valence electrons. The van der Waals surface area contributed by atoms with Gasteiger partial charge in [0.2, 0.25) is 0 Å². The van der Waals surface area contributed by atoms with Crippen LogP contribution in [0.4, 0.5) is 0 Å². The van der Waals surface area contributed by atoms with E-state index >= 15 is 0 Å². The molecule has 0 aliphatic rings. The van der Waals surface area contributed by atoms with Gasteiger partial charge in [0.05, 0.1) is 6.26 Å². The van der Waals surface area contributed by atoms with Gasteiger partial charge in [-0.25, -0.2) is 4.79 Å². The number of furan rings is 1. The van der Waals surface area contributed by atoms with Crippen LogP contribution in [0.1, 0.15) is 30.0 Å². The van der Waals surface area contributed by atoms with E-state index in [2.05, 4.69) is 10.6 Å². The summed E-state index contributed by atoms with van der Waals surface area (Å²) in [5.74, 6) is -1.80. The first kappa shape index (κ1) is 20.5. The molecule has 0 aliphatic carbocycles. The lowest BCUT2D eigenvalue weighted by Crippen LogP contribution is -2.46. The number of hydrogen-bond donors (Lipinski definition) is 2. The molecule has 2 rings (SSSR count). The van der Waals surface area contributed by atoms with E-state index in [4.69, 9.17) is 20.8 Å². The van der Waals surface area contributed by atoms with Crippen LogP contribution in [0, 0.1) is 5.92 Å². The van der Waals surface area contributed by atoms with Gasteiger partial charge in [-0.15, -0.1) is 0 Å². The third-order valence-corrected chi connectivity index (χ3v) is 3.95. The molecule has 0 bridgehead atoms. The van der Waals surface area contributed by atoms with E-state index in [1.807, 2.05) is 0 Å². The number of esters is 1. The maximum atomic E-state index is 12.2. The summed E-state index contributed by atoms with van der Waals surface area (Å²) in [4.78, 5) is 36.2. The lowest BCUT2D eigenvalue weighted by atomic mass is 10.0. The monoisotopic (exact) mass is 392 g/mol. The van der Waals surface area contributed by atoms with Gasteiger partial charge in [0.1, 0.15) is 6.04 Å². The number of amides is 2. The summed E-state index contributed by atoms with van der Waals surface area (Å²) < 4.78 is 10.0. The average Bonchev–Trinajstić information content (AvgIpc) is 3.18. The molecule has 0 unspecified atom stereocenters. The minimum atomic E-state index is -0.897. The molecular formula is C19H21ClN2O5. The van der Waals surface area contributed by atoms with Crippen LogP contribution in [-0.2, 0) is 20.9 Å². The highest BCUT2D eigenvalue weighted by atomic mass is 35.5. The number of benzene rings is 1. The van der Waals surface area contributed by atoms with Crippen LogP contribution in [-0.4, -0.2) is 30.4 Å². The molecule has 1 aromatic heterocycles. The van der Waals surface area contributed by atoms with Crippen LogP contribution in [0.3, 0.4) is 0 Å². The Balaban J connectivity index is 1.81. The van der Waals surface area contributed by atoms with Gasteiger partial charge in [0, 0.05) is 11.6 Å². The predicted molar refractivity (Wildman–Crippen MR) is 99.1 cm³/mol. The Morgan fingerprint density at radius 2 is 1.85 bits per heavy atom. The molecular weight excluding hydrogens is 372 g/mol. The third kappa shape index (κ3) is 6.45. The molecule has 1 aromatic carbocycles. The third-order valence-electron chi connectivity index (χ3n) is 3.70. The fraction of sp³-hybridized carbons (Fsp3) is 0.316. The molecule has 27 heavy (non-hydrogen) atoms. The molecule has 0 saturated heterocycles. The zero-order valence-corrected chi connectivity index (χ0v) is 15.8. The summed E-state index contributed by atoms with van der Waals surface area (Å²) in [6, 6.07) is 9.17. The van der Waals surface area contributed by atoms with Crippen LogP contribution in [0.25, 0.3) is 0 Å². The van der Waals surface area contributed by atoms with Gasteiger partial charge in [-0.2, -0.15) is 0 Å². The molecule has 0 fully saturated rings. The molecule has 0 radical (unpaired) electrons. The Hall–Kier alpha value is -2.80. The van der Waals surface area contributed by atoms with Crippen molar-refractivity contribution in [3.8, 4) is 0 Å². The highest BCUT2D eigenvalue weighted by molar-refractivity contribution is 6.30. The lowest BCUT2D eigenvalue weighted by molar-refractivity contribution is -0.151. The fourth-order valence-corrected chi connectivity index (χ4v) is 2.32. The first-order valence-electron chi connectivity index (χ1n) is 8.39. The van der Waals surface area contributed by atoms with Crippen molar-refractivity contribution in [1.29, 1.82) is 0 Å². The standard InChI is InChI=1S/C19H21ClN2O5/c1-12(2)17(22-18(24)15-4-3-9-26-15)19(25)27-11-16(23)21-10-13-5-7-14(20)8-6-13/h3-9,12,17H,10-11H2,1-2H3,(H,21,23)(H,22,24)/t17-/m0/s1. The zero-order valence-electron chi connectivity index (χ0n) is 15.0. The second-order valence-corrected chi connectivity index (χ2v) is 6.62. The molecule has 8 heteroatoms. The Kier molecular flexibility index (Phi) is 7.43. The molecule has 2 N–H and O–H groups in total. The lowest BCUT2D eigenvalue weighted by Gasteiger charge is -2.20. The Bertz CT molecular complexity index is 772. The van der Waals surface area contributed by atoms with Crippen LogP contribution < -0.4 is 10.6 Å². The molecule has 2 amide bonds. The van der Waals surface area contributed by atoms with Gasteiger partial charge in [-0.05, 0) is 35.7 Å². The first-order valence-corrected chi connectivity index (χ1v) is 8.76. The quantitative estimate of drug-likeness (QED) is 0.673. The number of carbonyl (C=O) groups excluding carboxylic acids is 3. The number of carbonyl (C=O) groups is 3. The van der Waals surface area contributed by atoms with Crippen molar-refractivity contribution in [3.05, 3.63) is 59.0 Å². The fourth-order valence-electron chi connectivity index (χ4n) is 2.20. The number of rotatable bonds is 8. The number of halogens is 1.